The van der Waals surface area contributed by atoms with Crippen molar-refractivity contribution < 1.29 is 4.79 Å². The highest BCUT2D eigenvalue weighted by Crippen LogP contribution is 2.13. The zero-order valence-corrected chi connectivity index (χ0v) is 14.6. The van der Waals surface area contributed by atoms with Crippen molar-refractivity contribution in [1.29, 1.82) is 0 Å². The van der Waals surface area contributed by atoms with Gasteiger partial charge in [-0.2, -0.15) is 0 Å². The first-order valence-corrected chi connectivity index (χ1v) is 8.36. The number of halogens is 1. The number of hydrogen-bond acceptors (Lipinski definition) is 6. The minimum atomic E-state index is -0.172. The molecule has 0 aliphatic rings. The number of hydrogen-bond donors (Lipinski definition) is 3. The Morgan fingerprint density at radius 1 is 0.923 bits per heavy atom. The van der Waals surface area contributed by atoms with Gasteiger partial charge < -0.3 is 16.0 Å². The number of amides is 1. The molecular weight excluding hydrogens is 352 g/mol. The standard InChI is InChI=1S/C18H17ClN6O/c19-14-5-3-4-13(10-14)18(26)22-9-8-21-16-11-17(24-12-23-16)25-15-6-1-2-7-20-15/h1-7,10-12H,8-9H2,(H,22,26)(H2,20,21,23,24,25). The van der Waals surface area contributed by atoms with Crippen molar-refractivity contribution in [2.24, 2.45) is 0 Å². The van der Waals surface area contributed by atoms with Crippen LogP contribution in [0.4, 0.5) is 17.5 Å². The number of anilines is 3. The Balaban J connectivity index is 1.48. The second-order valence-electron chi connectivity index (χ2n) is 5.32. The molecule has 7 nitrogen and oxygen atoms in total. The Bertz CT molecular complexity index is 874. The van der Waals surface area contributed by atoms with Crippen LogP contribution in [0.1, 0.15) is 10.4 Å². The van der Waals surface area contributed by atoms with E-state index in [1.54, 1.807) is 36.5 Å². The van der Waals surface area contributed by atoms with Gasteiger partial charge in [0.25, 0.3) is 5.91 Å². The molecule has 0 saturated heterocycles. The molecule has 132 valence electrons. The normalized spacial score (nSPS) is 10.2. The summed E-state index contributed by atoms with van der Waals surface area (Å²) in [4.78, 5) is 24.5. The molecule has 2 heterocycles. The highest BCUT2D eigenvalue weighted by molar-refractivity contribution is 6.30. The minimum Gasteiger partial charge on any atom is -0.368 e. The van der Waals surface area contributed by atoms with E-state index in [4.69, 9.17) is 11.6 Å². The van der Waals surface area contributed by atoms with Crippen LogP contribution in [0.5, 0.6) is 0 Å². The molecule has 26 heavy (non-hydrogen) atoms. The molecule has 0 bridgehead atoms. The molecule has 3 N–H and O–H groups in total. The number of nitrogens with zero attached hydrogens (tertiary/aromatic N) is 3. The molecule has 0 saturated carbocycles. The molecule has 0 radical (unpaired) electrons. The summed E-state index contributed by atoms with van der Waals surface area (Å²) in [5.74, 6) is 1.81. The van der Waals surface area contributed by atoms with Crippen molar-refractivity contribution in [2.45, 2.75) is 0 Å². The van der Waals surface area contributed by atoms with E-state index in [9.17, 15) is 4.79 Å². The Morgan fingerprint density at radius 3 is 2.62 bits per heavy atom. The van der Waals surface area contributed by atoms with Crippen LogP contribution in [0.25, 0.3) is 0 Å². The van der Waals surface area contributed by atoms with Gasteiger partial charge in [-0.25, -0.2) is 15.0 Å². The molecule has 2 aromatic heterocycles. The first kappa shape index (κ1) is 17.6. The maximum absolute atomic E-state index is 12.0. The lowest BCUT2D eigenvalue weighted by atomic mass is 10.2. The number of carbonyl (C=O) groups is 1. The van der Waals surface area contributed by atoms with E-state index < -0.39 is 0 Å². The third-order valence-electron chi connectivity index (χ3n) is 3.39. The van der Waals surface area contributed by atoms with E-state index in [2.05, 4.69) is 30.9 Å². The Kier molecular flexibility index (Phi) is 5.95. The van der Waals surface area contributed by atoms with Gasteiger partial charge in [-0.05, 0) is 30.3 Å². The van der Waals surface area contributed by atoms with Crippen molar-refractivity contribution >= 4 is 35.0 Å². The summed E-state index contributed by atoms with van der Waals surface area (Å²) in [6.07, 6.45) is 3.16. The van der Waals surface area contributed by atoms with Crippen LogP contribution in [0.3, 0.4) is 0 Å². The van der Waals surface area contributed by atoms with Crippen LogP contribution in [0, 0.1) is 0 Å². The van der Waals surface area contributed by atoms with Gasteiger partial charge in [0.05, 0.1) is 0 Å². The number of nitrogens with one attached hydrogen (secondary N) is 3. The van der Waals surface area contributed by atoms with Gasteiger partial charge in [0, 0.05) is 35.9 Å². The lowest BCUT2D eigenvalue weighted by Crippen LogP contribution is -2.28. The van der Waals surface area contributed by atoms with E-state index in [0.29, 0.717) is 41.1 Å². The average Bonchev–Trinajstić information content (AvgIpc) is 2.66. The van der Waals surface area contributed by atoms with Crippen LogP contribution >= 0.6 is 11.6 Å². The molecule has 1 aromatic carbocycles. The summed E-state index contributed by atoms with van der Waals surface area (Å²) in [5.41, 5.74) is 0.529. The monoisotopic (exact) mass is 368 g/mol. The van der Waals surface area contributed by atoms with E-state index in [1.165, 1.54) is 6.33 Å². The summed E-state index contributed by atoms with van der Waals surface area (Å²) in [6.45, 7) is 0.963. The first-order chi connectivity index (χ1) is 12.7. The van der Waals surface area contributed by atoms with Crippen LogP contribution in [0.2, 0.25) is 5.02 Å². The van der Waals surface area contributed by atoms with Crippen LogP contribution in [0.15, 0.2) is 61.1 Å². The Labute approximate surface area is 155 Å². The number of rotatable bonds is 7. The highest BCUT2D eigenvalue weighted by atomic mass is 35.5. The van der Waals surface area contributed by atoms with E-state index in [-0.39, 0.29) is 5.91 Å². The molecular formula is C18H17ClN6O. The Morgan fingerprint density at radius 2 is 1.81 bits per heavy atom. The van der Waals surface area contributed by atoms with Crippen molar-refractivity contribution in [2.75, 3.05) is 23.7 Å². The summed E-state index contributed by atoms with van der Waals surface area (Å²) >= 11 is 5.89. The van der Waals surface area contributed by atoms with Crippen molar-refractivity contribution in [3.8, 4) is 0 Å². The van der Waals surface area contributed by atoms with Gasteiger partial charge in [0.1, 0.15) is 23.8 Å². The fraction of sp³-hybridized carbons (Fsp3) is 0.111. The van der Waals surface area contributed by atoms with Crippen LogP contribution in [-0.2, 0) is 0 Å². The van der Waals surface area contributed by atoms with Gasteiger partial charge in [0.15, 0.2) is 0 Å². The summed E-state index contributed by atoms with van der Waals surface area (Å²) in [5, 5.41) is 9.59. The predicted octanol–water partition coefficient (Wildman–Crippen LogP) is 3.11. The smallest absolute Gasteiger partial charge is 0.251 e. The fourth-order valence-electron chi connectivity index (χ4n) is 2.19. The van der Waals surface area contributed by atoms with Crippen LogP contribution < -0.4 is 16.0 Å². The lowest BCUT2D eigenvalue weighted by molar-refractivity contribution is 0.0955. The maximum Gasteiger partial charge on any atom is 0.251 e. The van der Waals surface area contributed by atoms with Gasteiger partial charge in [-0.3, -0.25) is 4.79 Å². The zero-order chi connectivity index (χ0) is 18.2. The van der Waals surface area contributed by atoms with Gasteiger partial charge in [-0.15, -0.1) is 0 Å². The second-order valence-corrected chi connectivity index (χ2v) is 5.76. The quantitative estimate of drug-likeness (QED) is 0.555. The van der Waals surface area contributed by atoms with Crippen LogP contribution in [-0.4, -0.2) is 33.9 Å². The molecule has 0 aliphatic heterocycles. The summed E-state index contributed by atoms with van der Waals surface area (Å²) in [6, 6.07) is 14.2. The molecule has 3 aromatic rings. The molecule has 3 rings (SSSR count). The number of aromatic nitrogens is 3. The van der Waals surface area contributed by atoms with Gasteiger partial charge in [-0.1, -0.05) is 23.7 Å². The molecule has 0 aliphatic carbocycles. The minimum absolute atomic E-state index is 0.172. The zero-order valence-electron chi connectivity index (χ0n) is 13.8. The molecule has 0 unspecified atom stereocenters. The fourth-order valence-corrected chi connectivity index (χ4v) is 2.38. The predicted molar refractivity (Wildman–Crippen MR) is 102 cm³/mol. The van der Waals surface area contributed by atoms with Gasteiger partial charge in [0.2, 0.25) is 0 Å². The highest BCUT2D eigenvalue weighted by Gasteiger charge is 2.05. The van der Waals surface area contributed by atoms with Crippen molar-refractivity contribution in [3.63, 3.8) is 0 Å². The average molecular weight is 369 g/mol. The second kappa shape index (κ2) is 8.77. The SMILES string of the molecule is O=C(NCCNc1cc(Nc2ccccn2)ncn1)c1cccc(Cl)c1. The van der Waals surface area contributed by atoms with E-state index >= 15 is 0 Å². The third-order valence-corrected chi connectivity index (χ3v) is 3.63. The Hall–Kier alpha value is -3.19. The first-order valence-electron chi connectivity index (χ1n) is 7.98. The molecule has 0 atom stereocenters. The molecule has 8 heteroatoms. The topological polar surface area (TPSA) is 91.8 Å². The third kappa shape index (κ3) is 5.15. The van der Waals surface area contributed by atoms with Gasteiger partial charge >= 0.3 is 0 Å². The number of carbonyl (C=O) groups excluding carboxylic acids is 1. The molecule has 1 amide bonds. The molecule has 0 fully saturated rings. The number of benzene rings is 1. The van der Waals surface area contributed by atoms with E-state index in [0.717, 1.165) is 0 Å². The summed E-state index contributed by atoms with van der Waals surface area (Å²) < 4.78 is 0. The summed E-state index contributed by atoms with van der Waals surface area (Å²) in [7, 11) is 0. The van der Waals surface area contributed by atoms with E-state index in [1.807, 2.05) is 18.2 Å². The van der Waals surface area contributed by atoms with Crippen molar-refractivity contribution in [3.05, 3.63) is 71.6 Å². The van der Waals surface area contributed by atoms with Crippen molar-refractivity contribution in [1.82, 2.24) is 20.3 Å². The molecule has 0 spiro atoms. The maximum atomic E-state index is 12.0. The number of pyridine rings is 1. The lowest BCUT2D eigenvalue weighted by Gasteiger charge is -2.09. The largest absolute Gasteiger partial charge is 0.368 e.